The van der Waals surface area contributed by atoms with Crippen LogP contribution in [0.25, 0.3) is 23.3 Å². The number of benzene rings is 1. The van der Waals surface area contributed by atoms with Crippen LogP contribution in [-0.2, 0) is 0 Å². The van der Waals surface area contributed by atoms with Crippen LogP contribution in [0.5, 0.6) is 0 Å². The summed E-state index contributed by atoms with van der Waals surface area (Å²) in [4.78, 5) is 0. The molecule has 0 N–H and O–H groups in total. The SMILES string of the molecule is Clc1ccc(-c2csc3c2=CCC=CC=3)cc1. The van der Waals surface area contributed by atoms with E-state index in [0.717, 1.165) is 11.4 Å². The van der Waals surface area contributed by atoms with Crippen LogP contribution >= 0.6 is 22.9 Å². The molecular formula is C15H11ClS. The molecule has 0 unspecified atom stereocenters. The molecule has 0 atom stereocenters. The van der Waals surface area contributed by atoms with E-state index in [1.54, 1.807) is 11.3 Å². The fourth-order valence-electron chi connectivity index (χ4n) is 1.99. The van der Waals surface area contributed by atoms with E-state index in [1.165, 1.54) is 20.9 Å². The highest BCUT2D eigenvalue weighted by atomic mass is 35.5. The van der Waals surface area contributed by atoms with Crippen LogP contribution in [0, 0.1) is 0 Å². The Labute approximate surface area is 109 Å². The topological polar surface area (TPSA) is 0 Å². The average molecular weight is 259 g/mol. The number of halogens is 1. The summed E-state index contributed by atoms with van der Waals surface area (Å²) in [7, 11) is 0. The molecule has 0 bridgehead atoms. The second-order valence-corrected chi connectivity index (χ2v) is 5.32. The zero-order valence-corrected chi connectivity index (χ0v) is 10.8. The Kier molecular flexibility index (Phi) is 2.87. The number of allylic oxidation sites excluding steroid dienone is 2. The zero-order valence-electron chi connectivity index (χ0n) is 9.19. The van der Waals surface area contributed by atoms with Gasteiger partial charge in [0.1, 0.15) is 0 Å². The Bertz CT molecular complexity index is 675. The second-order valence-electron chi connectivity index (χ2n) is 3.97. The molecule has 2 heteroatoms. The van der Waals surface area contributed by atoms with Crippen LogP contribution < -0.4 is 9.75 Å². The third-order valence-electron chi connectivity index (χ3n) is 2.86. The number of rotatable bonds is 1. The molecule has 1 heterocycles. The Morgan fingerprint density at radius 3 is 2.76 bits per heavy atom. The molecule has 0 nitrogen and oxygen atoms in total. The summed E-state index contributed by atoms with van der Waals surface area (Å²) in [5, 5.41) is 4.36. The molecule has 1 aliphatic carbocycles. The molecule has 0 spiro atoms. The van der Waals surface area contributed by atoms with E-state index in [2.05, 4.69) is 41.8 Å². The molecule has 0 saturated carbocycles. The van der Waals surface area contributed by atoms with E-state index >= 15 is 0 Å². The van der Waals surface area contributed by atoms with Crippen molar-refractivity contribution in [1.29, 1.82) is 0 Å². The minimum Gasteiger partial charge on any atom is -0.143 e. The standard InChI is InChI=1S/C15H11ClS/c16-12-8-6-11(7-9-12)14-10-17-15-5-3-1-2-4-13(14)15/h1,3-10H,2H2. The first-order chi connectivity index (χ1) is 8.34. The van der Waals surface area contributed by atoms with Crippen molar-refractivity contribution < 1.29 is 0 Å². The summed E-state index contributed by atoms with van der Waals surface area (Å²) in [5.41, 5.74) is 2.54. The zero-order chi connectivity index (χ0) is 11.7. The smallest absolute Gasteiger partial charge is 0.0406 e. The van der Waals surface area contributed by atoms with Crippen molar-refractivity contribution in [2.24, 2.45) is 0 Å². The maximum absolute atomic E-state index is 5.92. The Morgan fingerprint density at radius 2 is 1.94 bits per heavy atom. The van der Waals surface area contributed by atoms with Crippen LogP contribution in [0.4, 0.5) is 0 Å². The summed E-state index contributed by atoms with van der Waals surface area (Å²) in [5.74, 6) is 0. The van der Waals surface area contributed by atoms with Gasteiger partial charge in [-0.05, 0) is 46.4 Å². The molecule has 2 aromatic rings. The van der Waals surface area contributed by atoms with Crippen molar-refractivity contribution in [3.8, 4) is 11.1 Å². The normalized spacial score (nSPS) is 13.5. The number of hydrogen-bond donors (Lipinski definition) is 0. The molecule has 0 aliphatic heterocycles. The van der Waals surface area contributed by atoms with Crippen LogP contribution in [0.3, 0.4) is 0 Å². The van der Waals surface area contributed by atoms with Crippen LogP contribution in [0.2, 0.25) is 5.02 Å². The van der Waals surface area contributed by atoms with Gasteiger partial charge in [-0.3, -0.25) is 0 Å². The maximum atomic E-state index is 5.92. The van der Waals surface area contributed by atoms with Gasteiger partial charge >= 0.3 is 0 Å². The number of hydrogen-bond acceptors (Lipinski definition) is 1. The fourth-order valence-corrected chi connectivity index (χ4v) is 3.11. The molecule has 3 rings (SSSR count). The van der Waals surface area contributed by atoms with Gasteiger partial charge in [-0.25, -0.2) is 0 Å². The predicted molar refractivity (Wildman–Crippen MR) is 76.7 cm³/mol. The first-order valence-corrected chi connectivity index (χ1v) is 6.81. The van der Waals surface area contributed by atoms with Gasteiger partial charge in [-0.2, -0.15) is 0 Å². The molecule has 0 saturated heterocycles. The molecular weight excluding hydrogens is 248 g/mol. The largest absolute Gasteiger partial charge is 0.143 e. The van der Waals surface area contributed by atoms with Gasteiger partial charge in [0.25, 0.3) is 0 Å². The molecule has 17 heavy (non-hydrogen) atoms. The maximum Gasteiger partial charge on any atom is 0.0406 e. The summed E-state index contributed by atoms with van der Waals surface area (Å²) in [6.07, 6.45) is 9.78. The van der Waals surface area contributed by atoms with E-state index in [-0.39, 0.29) is 0 Å². The molecule has 0 radical (unpaired) electrons. The molecule has 84 valence electrons. The van der Waals surface area contributed by atoms with E-state index in [1.807, 2.05) is 12.1 Å². The van der Waals surface area contributed by atoms with Gasteiger partial charge in [-0.15, -0.1) is 11.3 Å². The highest BCUT2D eigenvalue weighted by Gasteiger charge is 2.03. The highest BCUT2D eigenvalue weighted by Crippen LogP contribution is 2.19. The molecule has 1 aliphatic rings. The lowest BCUT2D eigenvalue weighted by Gasteiger charge is -1.98. The summed E-state index contributed by atoms with van der Waals surface area (Å²) < 4.78 is 1.34. The molecule has 0 fully saturated rings. The minimum absolute atomic E-state index is 0.785. The number of fused-ring (bicyclic) bond motifs is 1. The third kappa shape index (κ3) is 2.08. The predicted octanol–water partition coefficient (Wildman–Crippen LogP) is 3.59. The molecule has 1 aromatic carbocycles. The van der Waals surface area contributed by atoms with Crippen molar-refractivity contribution in [3.63, 3.8) is 0 Å². The summed E-state index contributed by atoms with van der Waals surface area (Å²) in [6.45, 7) is 0. The average Bonchev–Trinajstić information content (AvgIpc) is 2.60. The van der Waals surface area contributed by atoms with Crippen molar-refractivity contribution in [1.82, 2.24) is 0 Å². The van der Waals surface area contributed by atoms with Crippen LogP contribution in [0.1, 0.15) is 6.42 Å². The van der Waals surface area contributed by atoms with Crippen molar-refractivity contribution >= 4 is 35.1 Å². The van der Waals surface area contributed by atoms with Crippen LogP contribution in [0.15, 0.2) is 41.8 Å². The highest BCUT2D eigenvalue weighted by molar-refractivity contribution is 7.08. The Morgan fingerprint density at radius 1 is 1.12 bits per heavy atom. The Hall–Kier alpha value is -1.31. The fraction of sp³-hybridized carbons (Fsp3) is 0.0667. The van der Waals surface area contributed by atoms with Gasteiger partial charge in [-0.1, -0.05) is 42.0 Å². The minimum atomic E-state index is 0.785. The van der Waals surface area contributed by atoms with Gasteiger partial charge in [0.15, 0.2) is 0 Å². The van der Waals surface area contributed by atoms with E-state index in [0.29, 0.717) is 0 Å². The first kappa shape index (κ1) is 10.8. The molecule has 0 amide bonds. The summed E-state index contributed by atoms with van der Waals surface area (Å²) >= 11 is 7.71. The lowest BCUT2D eigenvalue weighted by molar-refractivity contribution is 1.48. The van der Waals surface area contributed by atoms with Gasteiger partial charge in [0.05, 0.1) is 0 Å². The third-order valence-corrected chi connectivity index (χ3v) is 4.07. The quantitative estimate of drug-likeness (QED) is 0.733. The monoisotopic (exact) mass is 258 g/mol. The lowest BCUT2D eigenvalue weighted by Crippen LogP contribution is -2.18. The molecule has 1 aromatic heterocycles. The van der Waals surface area contributed by atoms with E-state index in [9.17, 15) is 0 Å². The second kappa shape index (κ2) is 4.52. The summed E-state index contributed by atoms with van der Waals surface area (Å²) in [6, 6.07) is 8.05. The van der Waals surface area contributed by atoms with Crippen LogP contribution in [-0.4, -0.2) is 0 Å². The van der Waals surface area contributed by atoms with Gasteiger partial charge in [0.2, 0.25) is 0 Å². The van der Waals surface area contributed by atoms with Crippen molar-refractivity contribution in [2.45, 2.75) is 6.42 Å². The lowest BCUT2D eigenvalue weighted by atomic mass is 10.1. The van der Waals surface area contributed by atoms with Crippen molar-refractivity contribution in [2.75, 3.05) is 0 Å². The Balaban J connectivity index is 2.21. The van der Waals surface area contributed by atoms with Gasteiger partial charge in [0, 0.05) is 9.55 Å². The first-order valence-electron chi connectivity index (χ1n) is 5.55. The number of thiophene rings is 1. The van der Waals surface area contributed by atoms with Crippen molar-refractivity contribution in [3.05, 3.63) is 56.6 Å². The van der Waals surface area contributed by atoms with E-state index < -0.39 is 0 Å². The van der Waals surface area contributed by atoms with E-state index in [4.69, 9.17) is 11.6 Å². The van der Waals surface area contributed by atoms with Gasteiger partial charge < -0.3 is 0 Å².